The summed E-state index contributed by atoms with van der Waals surface area (Å²) < 4.78 is 5.33. The fraction of sp³-hybridized carbons (Fsp3) is 0.500. The van der Waals surface area contributed by atoms with Crippen molar-refractivity contribution in [3.8, 4) is 5.75 Å². The van der Waals surface area contributed by atoms with Gasteiger partial charge in [-0.15, -0.1) is 0 Å². The van der Waals surface area contributed by atoms with Crippen LogP contribution in [0, 0.1) is 6.92 Å². The number of aromatic nitrogens is 1. The molecule has 0 saturated heterocycles. The van der Waals surface area contributed by atoms with Gasteiger partial charge in [-0.25, -0.2) is 0 Å². The average molecular weight is 428 g/mol. The number of rotatable bonds is 8. The van der Waals surface area contributed by atoms with E-state index in [0.29, 0.717) is 19.3 Å². The number of nitrogens with zero attached hydrogens (tertiary/aromatic N) is 1. The van der Waals surface area contributed by atoms with E-state index < -0.39 is 17.1 Å². The Morgan fingerprint density at radius 2 is 2.13 bits per heavy atom. The first kappa shape index (κ1) is 23.0. The van der Waals surface area contributed by atoms with E-state index in [-0.39, 0.29) is 11.6 Å². The molecule has 168 valence electrons. The van der Waals surface area contributed by atoms with Crippen LogP contribution < -0.4 is 16.0 Å². The second kappa shape index (κ2) is 9.24. The highest BCUT2D eigenvalue weighted by Gasteiger charge is 2.39. The number of pyridine rings is 1. The second-order valence-corrected chi connectivity index (χ2v) is 8.71. The van der Waals surface area contributed by atoms with Gasteiger partial charge in [-0.3, -0.25) is 9.59 Å². The highest BCUT2D eigenvalue weighted by Crippen LogP contribution is 2.32. The Labute approximate surface area is 183 Å². The number of aromatic amines is 1. The molecule has 2 atom stereocenters. The molecule has 2 unspecified atom stereocenters. The fourth-order valence-electron chi connectivity index (χ4n) is 4.46. The van der Waals surface area contributed by atoms with Gasteiger partial charge in [0, 0.05) is 18.2 Å². The number of amides is 1. The van der Waals surface area contributed by atoms with Gasteiger partial charge in [-0.1, -0.05) is 6.07 Å². The SMILES string of the molecule is COc1ccc(C)c(CCCN(C)C(C)C2(O)CCc3[nH]c(=O)c(C(N)=O)cc3C2)c1. The van der Waals surface area contributed by atoms with E-state index in [1.165, 1.54) is 11.1 Å². The summed E-state index contributed by atoms with van der Waals surface area (Å²) in [5, 5.41) is 11.4. The number of likely N-dealkylation sites (N-methyl/N-ethyl adjacent to an activating group) is 1. The van der Waals surface area contributed by atoms with Crippen molar-refractivity contribution in [1.29, 1.82) is 0 Å². The number of fused-ring (bicyclic) bond motifs is 1. The number of aryl methyl sites for hydroxylation is 3. The molecule has 4 N–H and O–H groups in total. The summed E-state index contributed by atoms with van der Waals surface area (Å²) in [5.74, 6) is 0.113. The molecule has 1 heterocycles. The van der Waals surface area contributed by atoms with Crippen LogP contribution in [-0.2, 0) is 19.3 Å². The molecular formula is C24H33N3O4. The molecule has 2 aromatic rings. The lowest BCUT2D eigenvalue weighted by atomic mass is 9.77. The Kier molecular flexibility index (Phi) is 6.86. The van der Waals surface area contributed by atoms with E-state index in [9.17, 15) is 14.7 Å². The van der Waals surface area contributed by atoms with E-state index in [4.69, 9.17) is 10.5 Å². The van der Waals surface area contributed by atoms with Gasteiger partial charge in [0.25, 0.3) is 11.5 Å². The standard InChI is InChI=1S/C24H33N3O4/c1-15-7-8-19(31-4)12-17(15)6-5-11-27(3)16(2)24(30)10-9-21-18(14-24)13-20(22(25)28)23(29)26-21/h7-8,12-13,16,30H,5-6,9-11,14H2,1-4H3,(H2,25,28)(H,26,29). The lowest BCUT2D eigenvalue weighted by Crippen LogP contribution is -2.53. The van der Waals surface area contributed by atoms with E-state index in [1.54, 1.807) is 13.2 Å². The maximum Gasteiger partial charge on any atom is 0.261 e. The van der Waals surface area contributed by atoms with Crippen LogP contribution in [0.15, 0.2) is 29.1 Å². The number of ether oxygens (including phenoxy) is 1. The zero-order chi connectivity index (χ0) is 22.8. The Balaban J connectivity index is 1.65. The molecule has 1 amide bonds. The number of benzene rings is 1. The third-order valence-electron chi connectivity index (χ3n) is 6.74. The predicted octanol–water partition coefficient (Wildman–Crippen LogP) is 1.96. The topological polar surface area (TPSA) is 109 Å². The van der Waals surface area contributed by atoms with Crippen molar-refractivity contribution >= 4 is 5.91 Å². The summed E-state index contributed by atoms with van der Waals surface area (Å²) in [6.07, 6.45) is 3.37. The Morgan fingerprint density at radius 1 is 1.39 bits per heavy atom. The summed E-state index contributed by atoms with van der Waals surface area (Å²) in [5.41, 5.74) is 7.94. The molecule has 1 aromatic heterocycles. The molecule has 0 saturated carbocycles. The smallest absolute Gasteiger partial charge is 0.261 e. The number of carbonyl (C=O) groups excluding carboxylic acids is 1. The molecular weight excluding hydrogens is 394 g/mol. The van der Waals surface area contributed by atoms with Crippen LogP contribution >= 0.6 is 0 Å². The van der Waals surface area contributed by atoms with Crippen molar-refractivity contribution in [2.75, 3.05) is 20.7 Å². The summed E-state index contributed by atoms with van der Waals surface area (Å²) in [6.45, 7) is 4.97. The van der Waals surface area contributed by atoms with Gasteiger partial charge in [0.05, 0.1) is 12.7 Å². The minimum absolute atomic E-state index is 0.0577. The maximum absolute atomic E-state index is 12.0. The molecule has 1 aliphatic rings. The Morgan fingerprint density at radius 3 is 2.81 bits per heavy atom. The van der Waals surface area contributed by atoms with Crippen molar-refractivity contribution in [1.82, 2.24) is 9.88 Å². The van der Waals surface area contributed by atoms with Gasteiger partial charge >= 0.3 is 0 Å². The van der Waals surface area contributed by atoms with Gasteiger partial charge < -0.3 is 25.5 Å². The lowest BCUT2D eigenvalue weighted by molar-refractivity contribution is -0.0440. The Bertz CT molecular complexity index is 1020. The summed E-state index contributed by atoms with van der Waals surface area (Å²) in [7, 11) is 3.70. The largest absolute Gasteiger partial charge is 0.497 e. The number of H-pyrrole nitrogens is 1. The number of methoxy groups -OCH3 is 1. The first-order chi connectivity index (χ1) is 14.6. The monoisotopic (exact) mass is 427 g/mol. The summed E-state index contributed by atoms with van der Waals surface area (Å²) in [4.78, 5) is 28.5. The molecule has 0 aliphatic heterocycles. The third kappa shape index (κ3) is 4.99. The van der Waals surface area contributed by atoms with Crippen molar-refractivity contribution in [3.05, 3.63) is 62.6 Å². The number of hydrogen-bond donors (Lipinski definition) is 3. The molecule has 7 nitrogen and oxygen atoms in total. The second-order valence-electron chi connectivity index (χ2n) is 8.71. The fourth-order valence-corrected chi connectivity index (χ4v) is 4.46. The number of nitrogens with two attached hydrogens (primary N) is 1. The van der Waals surface area contributed by atoms with E-state index >= 15 is 0 Å². The van der Waals surface area contributed by atoms with Gasteiger partial charge in [0.1, 0.15) is 11.3 Å². The van der Waals surface area contributed by atoms with Gasteiger partial charge in [-0.05, 0) is 88.0 Å². The molecule has 0 spiro atoms. The maximum atomic E-state index is 12.0. The van der Waals surface area contributed by atoms with Crippen molar-refractivity contribution < 1.29 is 14.6 Å². The van der Waals surface area contributed by atoms with Crippen LogP contribution in [0.25, 0.3) is 0 Å². The lowest BCUT2D eigenvalue weighted by Gasteiger charge is -2.42. The van der Waals surface area contributed by atoms with Gasteiger partial charge in [-0.2, -0.15) is 0 Å². The molecule has 31 heavy (non-hydrogen) atoms. The number of hydrogen-bond acceptors (Lipinski definition) is 5. The zero-order valence-corrected chi connectivity index (χ0v) is 18.8. The molecule has 3 rings (SSSR count). The Hall–Kier alpha value is -2.64. The molecule has 1 aromatic carbocycles. The third-order valence-corrected chi connectivity index (χ3v) is 6.74. The van der Waals surface area contributed by atoms with Crippen molar-refractivity contribution in [2.45, 2.75) is 57.6 Å². The molecule has 0 fully saturated rings. The van der Waals surface area contributed by atoms with Crippen LogP contribution in [0.5, 0.6) is 5.75 Å². The van der Waals surface area contributed by atoms with Crippen LogP contribution in [0.2, 0.25) is 0 Å². The van der Waals surface area contributed by atoms with Crippen LogP contribution in [-0.4, -0.2) is 53.2 Å². The van der Waals surface area contributed by atoms with Gasteiger partial charge in [0.2, 0.25) is 0 Å². The van der Waals surface area contributed by atoms with E-state index in [1.807, 2.05) is 20.0 Å². The number of carbonyl (C=O) groups is 1. The van der Waals surface area contributed by atoms with E-state index in [2.05, 4.69) is 28.9 Å². The molecule has 7 heteroatoms. The number of primary amides is 1. The average Bonchev–Trinajstić information content (AvgIpc) is 2.74. The van der Waals surface area contributed by atoms with E-state index in [0.717, 1.165) is 36.4 Å². The summed E-state index contributed by atoms with van der Waals surface area (Å²) in [6, 6.07) is 7.59. The first-order valence-corrected chi connectivity index (χ1v) is 10.8. The van der Waals surface area contributed by atoms with Crippen LogP contribution in [0.4, 0.5) is 0 Å². The molecule has 0 radical (unpaired) electrons. The van der Waals surface area contributed by atoms with Crippen molar-refractivity contribution in [3.63, 3.8) is 0 Å². The van der Waals surface area contributed by atoms with Crippen LogP contribution in [0.1, 0.15) is 52.5 Å². The minimum atomic E-state index is -0.944. The normalized spacial score (nSPS) is 19.2. The first-order valence-electron chi connectivity index (χ1n) is 10.8. The summed E-state index contributed by atoms with van der Waals surface area (Å²) >= 11 is 0. The van der Waals surface area contributed by atoms with Gasteiger partial charge in [0.15, 0.2) is 0 Å². The highest BCUT2D eigenvalue weighted by molar-refractivity contribution is 5.92. The number of aliphatic hydroxyl groups is 1. The van der Waals surface area contributed by atoms with Crippen molar-refractivity contribution in [2.24, 2.45) is 5.73 Å². The van der Waals surface area contributed by atoms with Crippen LogP contribution in [0.3, 0.4) is 0 Å². The minimum Gasteiger partial charge on any atom is -0.497 e. The predicted molar refractivity (Wildman–Crippen MR) is 121 cm³/mol. The highest BCUT2D eigenvalue weighted by atomic mass is 16.5. The molecule has 1 aliphatic carbocycles. The number of nitrogens with one attached hydrogen (secondary N) is 1. The zero-order valence-electron chi connectivity index (χ0n) is 18.8. The quantitative estimate of drug-likeness (QED) is 0.597. The molecule has 0 bridgehead atoms.